The lowest BCUT2D eigenvalue weighted by Crippen LogP contribution is -2.20. The third kappa shape index (κ3) is 4.06. The smallest absolute Gasteiger partial charge is 0.228 e. The maximum atomic E-state index is 12.3. The van der Waals surface area contributed by atoms with Crippen molar-refractivity contribution >= 4 is 52.2 Å². The molecule has 0 saturated heterocycles. The highest BCUT2D eigenvalue weighted by atomic mass is 35.5. The molecule has 2 unspecified atom stereocenters. The number of carbonyl (C=O) groups is 3. The summed E-state index contributed by atoms with van der Waals surface area (Å²) in [6, 6.07) is 11.7. The van der Waals surface area contributed by atoms with E-state index in [-0.39, 0.29) is 22.6 Å². The van der Waals surface area contributed by atoms with Gasteiger partial charge in [-0.1, -0.05) is 41.4 Å². The van der Waals surface area contributed by atoms with Gasteiger partial charge in [-0.15, -0.1) is 0 Å². The molecule has 2 aromatic rings. The Labute approximate surface area is 160 Å². The first-order valence-corrected chi connectivity index (χ1v) is 8.79. The predicted octanol–water partition coefficient (Wildman–Crippen LogP) is 4.41. The monoisotopic (exact) mass is 390 g/mol. The third-order valence-corrected chi connectivity index (χ3v) is 5.03. The fourth-order valence-corrected chi connectivity index (χ4v) is 3.00. The fourth-order valence-electron chi connectivity index (χ4n) is 2.65. The van der Waals surface area contributed by atoms with Gasteiger partial charge in [0.05, 0.1) is 27.6 Å². The minimum absolute atomic E-state index is 0.0804. The number of Topliss-reactive ketones (excluding diaryl/α,β-unsaturated/α-hetero) is 1. The highest BCUT2D eigenvalue weighted by Gasteiger charge is 2.48. The first kappa shape index (κ1) is 18.4. The molecule has 0 bridgehead atoms. The Bertz CT molecular complexity index is 898. The average molecular weight is 391 g/mol. The summed E-state index contributed by atoms with van der Waals surface area (Å²) < 4.78 is 0. The number of anilines is 2. The van der Waals surface area contributed by atoms with Crippen LogP contribution < -0.4 is 10.6 Å². The summed E-state index contributed by atoms with van der Waals surface area (Å²) in [6.07, 6.45) is 0.461. The second-order valence-electron chi connectivity index (χ2n) is 6.17. The Balaban J connectivity index is 1.60. The number of hydrogen-bond acceptors (Lipinski definition) is 3. The summed E-state index contributed by atoms with van der Waals surface area (Å²) in [4.78, 5) is 36.0. The van der Waals surface area contributed by atoms with Gasteiger partial charge in [0, 0.05) is 11.3 Å². The molecule has 0 spiro atoms. The molecule has 26 heavy (non-hydrogen) atoms. The molecule has 0 heterocycles. The molecule has 134 valence electrons. The van der Waals surface area contributed by atoms with Crippen LogP contribution in [-0.2, 0) is 9.59 Å². The van der Waals surface area contributed by atoms with Gasteiger partial charge in [0.25, 0.3) is 0 Å². The normalized spacial score (nSPS) is 18.1. The number of hydrogen-bond donors (Lipinski definition) is 2. The molecule has 2 aromatic carbocycles. The van der Waals surface area contributed by atoms with Gasteiger partial charge in [0.15, 0.2) is 5.78 Å². The number of halogens is 2. The Morgan fingerprint density at radius 1 is 0.962 bits per heavy atom. The third-order valence-electron chi connectivity index (χ3n) is 4.21. The van der Waals surface area contributed by atoms with Crippen molar-refractivity contribution in [3.05, 3.63) is 58.1 Å². The van der Waals surface area contributed by atoms with Gasteiger partial charge in [-0.3, -0.25) is 14.4 Å². The van der Waals surface area contributed by atoms with Crippen molar-refractivity contribution < 1.29 is 14.4 Å². The number of benzene rings is 2. The van der Waals surface area contributed by atoms with Crippen LogP contribution in [0.5, 0.6) is 0 Å². The van der Waals surface area contributed by atoms with Gasteiger partial charge in [0.1, 0.15) is 0 Å². The summed E-state index contributed by atoms with van der Waals surface area (Å²) in [7, 11) is 0. The van der Waals surface area contributed by atoms with E-state index in [1.165, 1.54) is 6.92 Å². The summed E-state index contributed by atoms with van der Waals surface area (Å²) in [5.74, 6) is -1.42. The van der Waals surface area contributed by atoms with Crippen molar-refractivity contribution in [2.45, 2.75) is 13.3 Å². The molecule has 0 aliphatic heterocycles. The van der Waals surface area contributed by atoms with Crippen molar-refractivity contribution in [2.75, 3.05) is 10.6 Å². The van der Waals surface area contributed by atoms with Crippen LogP contribution in [0.2, 0.25) is 10.0 Å². The van der Waals surface area contributed by atoms with Crippen LogP contribution in [0.1, 0.15) is 23.7 Å². The number of carbonyl (C=O) groups excluding carboxylic acids is 3. The highest BCUT2D eigenvalue weighted by molar-refractivity contribution is 6.44. The maximum Gasteiger partial charge on any atom is 0.228 e. The minimum Gasteiger partial charge on any atom is -0.326 e. The second-order valence-corrected chi connectivity index (χ2v) is 6.95. The molecule has 1 aliphatic rings. The summed E-state index contributed by atoms with van der Waals surface area (Å²) in [5.41, 5.74) is 1.47. The lowest BCUT2D eigenvalue weighted by Gasteiger charge is -2.08. The standard InChI is InChI=1S/C19H16Cl2N2O3/c1-10(24)11-4-2-5-12(8-11)22-18(25)13-9-14(13)19(26)23-16-7-3-6-15(20)17(16)21/h2-8,13-14H,9H2,1H3,(H,22,25)(H,23,26). The van der Waals surface area contributed by atoms with Crippen molar-refractivity contribution in [3.63, 3.8) is 0 Å². The molecule has 3 rings (SSSR count). The second kappa shape index (κ2) is 7.48. The van der Waals surface area contributed by atoms with E-state index in [1.54, 1.807) is 42.5 Å². The minimum atomic E-state index is -0.416. The van der Waals surface area contributed by atoms with Gasteiger partial charge in [-0.25, -0.2) is 0 Å². The van der Waals surface area contributed by atoms with Crippen molar-refractivity contribution in [3.8, 4) is 0 Å². The summed E-state index contributed by atoms with van der Waals surface area (Å²) in [6.45, 7) is 1.46. The Morgan fingerprint density at radius 3 is 2.31 bits per heavy atom. The van der Waals surface area contributed by atoms with E-state index in [4.69, 9.17) is 23.2 Å². The van der Waals surface area contributed by atoms with Gasteiger partial charge >= 0.3 is 0 Å². The molecular weight excluding hydrogens is 375 g/mol. The maximum absolute atomic E-state index is 12.3. The molecule has 5 nitrogen and oxygen atoms in total. The lowest BCUT2D eigenvalue weighted by atomic mass is 10.1. The van der Waals surface area contributed by atoms with Crippen LogP contribution >= 0.6 is 23.2 Å². The van der Waals surface area contributed by atoms with E-state index >= 15 is 0 Å². The topological polar surface area (TPSA) is 75.3 Å². The first-order chi connectivity index (χ1) is 12.4. The Hall–Kier alpha value is -2.37. The van der Waals surface area contributed by atoms with Gasteiger partial charge < -0.3 is 10.6 Å². The van der Waals surface area contributed by atoms with E-state index in [9.17, 15) is 14.4 Å². The van der Waals surface area contributed by atoms with E-state index in [0.29, 0.717) is 28.4 Å². The SMILES string of the molecule is CC(=O)c1cccc(NC(=O)C2CC2C(=O)Nc2cccc(Cl)c2Cl)c1. The average Bonchev–Trinajstić information content (AvgIpc) is 3.40. The Kier molecular flexibility index (Phi) is 5.30. The predicted molar refractivity (Wildman–Crippen MR) is 102 cm³/mol. The van der Waals surface area contributed by atoms with E-state index in [1.807, 2.05) is 0 Å². The van der Waals surface area contributed by atoms with Crippen LogP contribution in [0.15, 0.2) is 42.5 Å². The molecule has 2 amide bonds. The molecule has 1 saturated carbocycles. The van der Waals surface area contributed by atoms with E-state index in [0.717, 1.165) is 0 Å². The largest absolute Gasteiger partial charge is 0.326 e. The van der Waals surface area contributed by atoms with Crippen molar-refractivity contribution in [2.24, 2.45) is 11.8 Å². The lowest BCUT2D eigenvalue weighted by molar-refractivity contribution is -0.122. The van der Waals surface area contributed by atoms with Crippen LogP contribution in [0, 0.1) is 11.8 Å². The zero-order chi connectivity index (χ0) is 18.8. The Morgan fingerprint density at radius 2 is 1.62 bits per heavy atom. The first-order valence-electron chi connectivity index (χ1n) is 8.03. The number of amides is 2. The molecule has 0 aromatic heterocycles. The van der Waals surface area contributed by atoms with E-state index < -0.39 is 11.8 Å². The molecule has 1 aliphatic carbocycles. The summed E-state index contributed by atoms with van der Waals surface area (Å²) in [5, 5.41) is 6.07. The molecule has 2 N–H and O–H groups in total. The van der Waals surface area contributed by atoms with Crippen molar-refractivity contribution in [1.82, 2.24) is 0 Å². The number of rotatable bonds is 5. The van der Waals surface area contributed by atoms with Gasteiger partial charge in [-0.05, 0) is 37.6 Å². The van der Waals surface area contributed by atoms with E-state index in [2.05, 4.69) is 10.6 Å². The molecular formula is C19H16Cl2N2O3. The zero-order valence-electron chi connectivity index (χ0n) is 13.9. The quantitative estimate of drug-likeness (QED) is 0.742. The van der Waals surface area contributed by atoms with Gasteiger partial charge in [0.2, 0.25) is 11.8 Å². The number of ketones is 1. The van der Waals surface area contributed by atoms with Crippen molar-refractivity contribution in [1.29, 1.82) is 0 Å². The van der Waals surface area contributed by atoms with Crippen LogP contribution in [-0.4, -0.2) is 17.6 Å². The number of nitrogens with one attached hydrogen (secondary N) is 2. The molecule has 2 atom stereocenters. The summed E-state index contributed by atoms with van der Waals surface area (Å²) >= 11 is 12.0. The van der Waals surface area contributed by atoms with Gasteiger partial charge in [-0.2, -0.15) is 0 Å². The highest BCUT2D eigenvalue weighted by Crippen LogP contribution is 2.41. The van der Waals surface area contributed by atoms with Crippen LogP contribution in [0.4, 0.5) is 11.4 Å². The van der Waals surface area contributed by atoms with Crippen LogP contribution in [0.3, 0.4) is 0 Å². The fraction of sp³-hybridized carbons (Fsp3) is 0.211. The molecule has 0 radical (unpaired) electrons. The zero-order valence-corrected chi connectivity index (χ0v) is 15.4. The van der Waals surface area contributed by atoms with Crippen LogP contribution in [0.25, 0.3) is 0 Å². The molecule has 1 fully saturated rings. The molecule has 7 heteroatoms.